The largest absolute Gasteiger partial charge is 0.497 e. The Labute approximate surface area is 160 Å². The Morgan fingerprint density at radius 2 is 1.81 bits per heavy atom. The molecule has 1 N–H and O–H groups in total. The van der Waals surface area contributed by atoms with Crippen LogP contribution in [0, 0.1) is 0 Å². The molecule has 0 aliphatic carbocycles. The van der Waals surface area contributed by atoms with Crippen LogP contribution in [0.2, 0.25) is 5.02 Å². The van der Waals surface area contributed by atoms with E-state index in [1.165, 1.54) is 0 Å². The van der Waals surface area contributed by atoms with Gasteiger partial charge in [-0.25, -0.2) is 13.1 Å². The molecule has 26 heavy (non-hydrogen) atoms. The van der Waals surface area contributed by atoms with Gasteiger partial charge in [0.2, 0.25) is 10.0 Å². The fourth-order valence-corrected chi connectivity index (χ4v) is 3.81. The Balaban J connectivity index is 1.98. The number of sulfonamides is 1. The zero-order valence-electron chi connectivity index (χ0n) is 15.2. The Kier molecular flexibility index (Phi) is 7.06. The first-order valence-corrected chi connectivity index (χ1v) is 10.2. The van der Waals surface area contributed by atoms with Crippen LogP contribution in [0.5, 0.6) is 5.75 Å². The summed E-state index contributed by atoms with van der Waals surface area (Å²) in [5.41, 5.74) is 0.934. The molecule has 1 atom stereocenters. The summed E-state index contributed by atoms with van der Waals surface area (Å²) in [6.07, 6.45) is 0.417. The first-order valence-electron chi connectivity index (χ1n) is 8.19. The van der Waals surface area contributed by atoms with Crippen molar-refractivity contribution in [3.63, 3.8) is 0 Å². The topological polar surface area (TPSA) is 64.6 Å². The molecule has 0 heterocycles. The van der Waals surface area contributed by atoms with Crippen molar-refractivity contribution in [2.75, 3.05) is 26.5 Å². The van der Waals surface area contributed by atoms with E-state index in [1.807, 2.05) is 43.3 Å². The van der Waals surface area contributed by atoms with Gasteiger partial charge >= 0.3 is 0 Å². The van der Waals surface area contributed by atoms with Crippen molar-refractivity contribution in [3.05, 3.63) is 64.7 Å². The molecular formula is C19H24ClNO4S. The average molecular weight is 398 g/mol. The van der Waals surface area contributed by atoms with Gasteiger partial charge in [-0.05, 0) is 48.7 Å². The third-order valence-electron chi connectivity index (χ3n) is 4.33. The predicted molar refractivity (Wildman–Crippen MR) is 104 cm³/mol. The summed E-state index contributed by atoms with van der Waals surface area (Å²) < 4.78 is 38.0. The normalized spacial score (nSPS) is 14.0. The van der Waals surface area contributed by atoms with Crippen LogP contribution >= 0.6 is 11.6 Å². The number of hydrogen-bond donors (Lipinski definition) is 1. The predicted octanol–water partition coefficient (Wildman–Crippen LogP) is 3.37. The lowest BCUT2D eigenvalue weighted by Gasteiger charge is -2.29. The van der Waals surface area contributed by atoms with Crippen molar-refractivity contribution in [3.8, 4) is 5.75 Å². The highest BCUT2D eigenvalue weighted by Crippen LogP contribution is 2.26. The second-order valence-electron chi connectivity index (χ2n) is 6.18. The molecule has 0 saturated heterocycles. The van der Waals surface area contributed by atoms with Crippen LogP contribution in [0.25, 0.3) is 0 Å². The summed E-state index contributed by atoms with van der Waals surface area (Å²) in [6, 6.07) is 14.6. The molecule has 0 saturated carbocycles. The smallest absolute Gasteiger partial charge is 0.212 e. The molecule has 0 amide bonds. The van der Waals surface area contributed by atoms with E-state index in [0.29, 0.717) is 11.4 Å². The molecule has 7 heteroatoms. The van der Waals surface area contributed by atoms with E-state index in [9.17, 15) is 8.42 Å². The van der Waals surface area contributed by atoms with Gasteiger partial charge in [-0.2, -0.15) is 0 Å². The molecule has 142 valence electrons. The van der Waals surface area contributed by atoms with Gasteiger partial charge in [-0.1, -0.05) is 35.9 Å². The third-order valence-corrected chi connectivity index (χ3v) is 5.89. The van der Waals surface area contributed by atoms with Crippen LogP contribution < -0.4 is 9.46 Å². The minimum Gasteiger partial charge on any atom is -0.497 e. The lowest BCUT2D eigenvalue weighted by atomic mass is 9.96. The van der Waals surface area contributed by atoms with E-state index in [4.69, 9.17) is 21.1 Å². The summed E-state index contributed by atoms with van der Waals surface area (Å²) in [6.45, 7) is 1.94. The standard InChI is InChI=1S/C19H24ClNO4S/c1-19(25-3,16-5-4-6-17(20)13-16)14-21-26(22,23)12-11-15-7-9-18(24-2)10-8-15/h4-10,13,21H,11-12,14H2,1-3H3. The first-order chi connectivity index (χ1) is 12.3. The minimum absolute atomic E-state index is 0.00529. The van der Waals surface area contributed by atoms with Crippen LogP contribution in [0.15, 0.2) is 48.5 Å². The van der Waals surface area contributed by atoms with E-state index in [2.05, 4.69) is 4.72 Å². The molecular weight excluding hydrogens is 374 g/mol. The Morgan fingerprint density at radius 1 is 1.12 bits per heavy atom. The monoisotopic (exact) mass is 397 g/mol. The third kappa shape index (κ3) is 5.71. The van der Waals surface area contributed by atoms with E-state index in [0.717, 1.165) is 16.9 Å². The Morgan fingerprint density at radius 3 is 2.38 bits per heavy atom. The number of ether oxygens (including phenoxy) is 2. The van der Waals surface area contributed by atoms with Crippen LogP contribution in [-0.2, 0) is 26.8 Å². The number of rotatable bonds is 9. The average Bonchev–Trinajstić information content (AvgIpc) is 2.65. The summed E-state index contributed by atoms with van der Waals surface area (Å²) in [7, 11) is -0.310. The van der Waals surface area contributed by atoms with Gasteiger partial charge in [0.05, 0.1) is 12.9 Å². The maximum absolute atomic E-state index is 12.4. The summed E-state index contributed by atoms with van der Waals surface area (Å²) in [4.78, 5) is 0. The van der Waals surface area contributed by atoms with Crippen molar-refractivity contribution in [2.45, 2.75) is 18.9 Å². The van der Waals surface area contributed by atoms with Crippen LogP contribution in [0.1, 0.15) is 18.1 Å². The highest BCUT2D eigenvalue weighted by atomic mass is 35.5. The molecule has 5 nitrogen and oxygen atoms in total. The Bertz CT molecular complexity index is 824. The molecule has 0 spiro atoms. The summed E-state index contributed by atoms with van der Waals surface area (Å²) in [5.74, 6) is 0.737. The quantitative estimate of drug-likeness (QED) is 0.704. The number of methoxy groups -OCH3 is 2. The number of hydrogen-bond acceptors (Lipinski definition) is 4. The van der Waals surface area contributed by atoms with E-state index >= 15 is 0 Å². The molecule has 1 unspecified atom stereocenters. The van der Waals surface area contributed by atoms with Crippen molar-refractivity contribution < 1.29 is 17.9 Å². The van der Waals surface area contributed by atoms with Crippen molar-refractivity contribution in [1.82, 2.24) is 4.72 Å². The molecule has 0 fully saturated rings. The number of aryl methyl sites for hydroxylation is 1. The van der Waals surface area contributed by atoms with E-state index in [1.54, 1.807) is 26.4 Å². The molecule has 2 rings (SSSR count). The minimum atomic E-state index is -3.45. The van der Waals surface area contributed by atoms with Crippen molar-refractivity contribution in [1.29, 1.82) is 0 Å². The molecule has 0 aliphatic heterocycles. The first kappa shape index (κ1) is 20.7. The molecule has 0 aliphatic rings. The van der Waals surface area contributed by atoms with Gasteiger partial charge < -0.3 is 9.47 Å². The maximum atomic E-state index is 12.4. The van der Waals surface area contributed by atoms with Gasteiger partial charge in [0, 0.05) is 18.7 Å². The van der Waals surface area contributed by atoms with Crippen LogP contribution in [0.4, 0.5) is 0 Å². The molecule has 0 aromatic heterocycles. The van der Waals surface area contributed by atoms with Crippen molar-refractivity contribution >= 4 is 21.6 Å². The highest BCUT2D eigenvalue weighted by molar-refractivity contribution is 7.89. The highest BCUT2D eigenvalue weighted by Gasteiger charge is 2.28. The van der Waals surface area contributed by atoms with Gasteiger partial charge in [-0.15, -0.1) is 0 Å². The van der Waals surface area contributed by atoms with Gasteiger partial charge in [0.15, 0.2) is 0 Å². The maximum Gasteiger partial charge on any atom is 0.212 e. The fraction of sp³-hybridized carbons (Fsp3) is 0.368. The number of nitrogens with one attached hydrogen (secondary N) is 1. The molecule has 2 aromatic carbocycles. The van der Waals surface area contributed by atoms with Gasteiger partial charge in [-0.3, -0.25) is 0 Å². The van der Waals surface area contributed by atoms with Crippen LogP contribution in [-0.4, -0.2) is 34.9 Å². The van der Waals surface area contributed by atoms with Crippen LogP contribution in [0.3, 0.4) is 0 Å². The summed E-state index contributed by atoms with van der Waals surface area (Å²) >= 11 is 6.03. The number of halogens is 1. The van der Waals surface area contributed by atoms with E-state index < -0.39 is 15.6 Å². The lowest BCUT2D eigenvalue weighted by molar-refractivity contribution is 0.00699. The number of benzene rings is 2. The SMILES string of the molecule is COc1ccc(CCS(=O)(=O)NCC(C)(OC)c2cccc(Cl)c2)cc1. The molecule has 2 aromatic rings. The summed E-state index contributed by atoms with van der Waals surface area (Å²) in [5, 5.41) is 0.577. The molecule has 0 radical (unpaired) electrons. The van der Waals surface area contributed by atoms with Crippen molar-refractivity contribution in [2.24, 2.45) is 0 Å². The van der Waals surface area contributed by atoms with Gasteiger partial charge in [0.1, 0.15) is 11.4 Å². The zero-order valence-corrected chi connectivity index (χ0v) is 16.7. The second-order valence-corrected chi connectivity index (χ2v) is 8.55. The zero-order chi connectivity index (χ0) is 19.2. The van der Waals surface area contributed by atoms with E-state index in [-0.39, 0.29) is 12.3 Å². The van der Waals surface area contributed by atoms with Gasteiger partial charge in [0.25, 0.3) is 0 Å². The fourth-order valence-electron chi connectivity index (χ4n) is 2.47. The molecule has 0 bridgehead atoms. The second kappa shape index (κ2) is 8.86. The lowest BCUT2D eigenvalue weighted by Crippen LogP contribution is -2.41. The Hall–Kier alpha value is -1.60.